The number of hydrogen-bond acceptors (Lipinski definition) is 10. The van der Waals surface area contributed by atoms with Crippen LogP contribution >= 0.6 is 7.82 Å². The Morgan fingerprint density at radius 2 is 1.79 bits per heavy atom. The van der Waals surface area contributed by atoms with Gasteiger partial charge < -0.3 is 14.7 Å². The zero-order valence-corrected chi connectivity index (χ0v) is 39.1. The minimum absolute atomic E-state index is 0.0172. The molecule has 5 unspecified atom stereocenters. The molecule has 2 aromatic heterocycles. The number of phosphoric acid groups is 1. The summed E-state index contributed by atoms with van der Waals surface area (Å²) >= 11 is 0.541. The molecule has 2 aliphatic heterocycles. The Bertz CT molecular complexity index is 2510. The molecular weight excluding hydrogens is 848 g/mol. The summed E-state index contributed by atoms with van der Waals surface area (Å²) in [6.07, 6.45) is 13.2. The molecule has 16 nitrogen and oxygen atoms in total. The molecule has 0 amide bonds. The molecule has 0 radical (unpaired) electrons. The quantitative estimate of drug-likeness (QED) is 0.113. The fourth-order valence-corrected chi connectivity index (χ4v) is 11.6. The number of nitrogens with zero attached hydrogens (tertiary/aromatic N) is 6. The molecule has 4 aromatic rings. The number of ether oxygens (including phenoxy) is 3. The Morgan fingerprint density at radius 1 is 1.08 bits per heavy atom. The van der Waals surface area contributed by atoms with Gasteiger partial charge in [0.2, 0.25) is 0 Å². The van der Waals surface area contributed by atoms with Gasteiger partial charge in [0.05, 0.1) is 0 Å². The first-order valence-electron chi connectivity index (χ1n) is 20.7. The molecule has 5 N–H and O–H groups in total. The van der Waals surface area contributed by atoms with E-state index in [0.29, 0.717) is 53.9 Å². The van der Waals surface area contributed by atoms with Crippen LogP contribution in [-0.2, 0) is 42.2 Å². The molecular formula is C43H52F2N8NaO8P. The predicted molar refractivity (Wildman–Crippen MR) is 229 cm³/mol. The fraction of sp³-hybridized carbons (Fsp3) is 0.442. The Kier molecular flexibility index (Phi) is 13.7. The van der Waals surface area contributed by atoms with Crippen molar-refractivity contribution in [2.75, 3.05) is 39.9 Å². The maximum Gasteiger partial charge on any atom is 0.466 e. The number of rotatable bonds is 10. The van der Waals surface area contributed by atoms with Crippen molar-refractivity contribution in [3.63, 3.8) is 0 Å². The summed E-state index contributed by atoms with van der Waals surface area (Å²) in [6.45, 7) is 11.6. The number of benzene rings is 2. The number of H-pyrrole nitrogens is 1. The summed E-state index contributed by atoms with van der Waals surface area (Å²) in [5.41, 5.74) is -0.764. The molecule has 5 atom stereocenters. The third kappa shape index (κ3) is 8.62. The van der Waals surface area contributed by atoms with Crippen LogP contribution < -0.4 is 11.0 Å². The number of piperazine rings is 1. The predicted octanol–water partition coefficient (Wildman–Crippen LogP) is 4.07. The van der Waals surface area contributed by atoms with Crippen LogP contribution in [0.1, 0.15) is 51.7 Å². The molecule has 63 heavy (non-hydrogen) atoms. The zero-order chi connectivity index (χ0) is 45.4. The second kappa shape index (κ2) is 18.3. The van der Waals surface area contributed by atoms with E-state index in [1.54, 1.807) is 11.8 Å². The molecule has 2 fully saturated rings. The maximum atomic E-state index is 16.1. The van der Waals surface area contributed by atoms with E-state index in [1.807, 2.05) is 30.3 Å². The zero-order valence-electron chi connectivity index (χ0n) is 36.2. The van der Waals surface area contributed by atoms with E-state index in [2.05, 4.69) is 82.4 Å². The van der Waals surface area contributed by atoms with Gasteiger partial charge in [0, 0.05) is 0 Å². The smallest absolute Gasteiger partial charge is 0.303 e. The van der Waals surface area contributed by atoms with Crippen molar-refractivity contribution in [1.29, 1.82) is 0 Å². The van der Waals surface area contributed by atoms with Gasteiger partial charge in [0.25, 0.3) is 0 Å². The summed E-state index contributed by atoms with van der Waals surface area (Å²) in [6, 6.07) is 13.4. The van der Waals surface area contributed by atoms with Gasteiger partial charge in [-0.3, -0.25) is 0 Å². The molecule has 4 heterocycles. The van der Waals surface area contributed by atoms with E-state index in [9.17, 15) is 9.18 Å². The Balaban J connectivity index is 0.00000113. The number of allylic oxidation sites excluding steroid dienone is 4. The maximum absolute atomic E-state index is 16.1. The molecule has 0 saturated carbocycles. The standard InChI is InChI=1S/C43H49F2N8O4.Na.H3O4P/c1-30-31(24-39(2,3)4)22-35(37-25-56-41(57-37,26-52-29-47-27-49-52)34-15-14-33(44)23-36(34)45)42(55-5,32-12-8-6-9-13-32)43(30,53-38(54)48-28-50-53)40(16-10-7-11-17-40)51-20-18-46-19-21-51;;1-5(2,3)4/h6-16,23,27-29,37,46H,17-21,24-26H2,1-5H3,(H,48,50,54);;(H3,1,2,3,4). The number of halogens is 2. The Hall–Kier alpha value is -3.75. The molecule has 2 saturated heterocycles. The van der Waals surface area contributed by atoms with E-state index in [-0.39, 0.29) is 24.1 Å². The van der Waals surface area contributed by atoms with E-state index < -0.39 is 53.7 Å². The Labute approximate surface area is 381 Å². The molecule has 0 bridgehead atoms. The Morgan fingerprint density at radius 3 is 2.37 bits per heavy atom. The monoisotopic (exact) mass is 900 g/mol. The van der Waals surface area contributed by atoms with E-state index in [1.165, 1.54) is 35.8 Å². The second-order valence-corrected chi connectivity index (χ2v) is 19.4. The summed E-state index contributed by atoms with van der Waals surface area (Å²) in [5.74, 6) is -3.29. The first-order valence-corrected chi connectivity index (χ1v) is 23.2. The van der Waals surface area contributed by atoms with Crippen molar-refractivity contribution in [3.8, 4) is 0 Å². The largest absolute Gasteiger partial charge is 0.466 e. The molecule has 2 aliphatic carbocycles. The molecule has 0 spiro atoms. The van der Waals surface area contributed by atoms with Crippen molar-refractivity contribution in [2.45, 2.75) is 75.7 Å². The molecule has 8 rings (SSSR count). The SMILES string of the molecule is COC1(c2ccccc2)C(C2COC(Cn3cncn3)(c3ccc(F)cc3F)O2)=[C]([Na])C(CC(C)(C)C)=C(C)C1(n1[nH]cnc1=O)C1(N2CCNCC2)C=CC=CC1.O=P(O)(O)O. The first-order chi connectivity index (χ1) is 29.8. The molecule has 332 valence electrons. The summed E-state index contributed by atoms with van der Waals surface area (Å²) < 4.78 is 65.1. The van der Waals surface area contributed by atoms with Crippen LogP contribution in [0, 0.1) is 17.0 Å². The number of methoxy groups -OCH3 is 1. The van der Waals surface area contributed by atoms with Gasteiger partial charge in [0.15, 0.2) is 0 Å². The number of aromatic nitrogens is 6. The van der Waals surface area contributed by atoms with Crippen molar-refractivity contribution in [1.82, 2.24) is 39.7 Å². The van der Waals surface area contributed by atoms with Crippen LogP contribution in [0.15, 0.2) is 116 Å². The third-order valence-corrected chi connectivity index (χ3v) is 13.6. The van der Waals surface area contributed by atoms with Gasteiger partial charge in [-0.15, -0.1) is 0 Å². The minimum atomic E-state index is -4.64. The van der Waals surface area contributed by atoms with Crippen LogP contribution in [0.2, 0.25) is 0 Å². The number of nitrogens with one attached hydrogen (secondary N) is 2. The number of aromatic amines is 1. The van der Waals surface area contributed by atoms with Crippen molar-refractivity contribution in [3.05, 3.63) is 145 Å². The van der Waals surface area contributed by atoms with Crippen molar-refractivity contribution < 1.29 is 42.2 Å². The normalized spacial score (nSPS) is 28.1. The average molecular weight is 901 g/mol. The van der Waals surface area contributed by atoms with E-state index >= 15 is 4.39 Å². The third-order valence-electron chi connectivity index (χ3n) is 12.5. The minimum Gasteiger partial charge on any atom is -0.303 e. The topological polar surface area (TPSA) is 202 Å². The summed E-state index contributed by atoms with van der Waals surface area (Å²) in [4.78, 5) is 47.2. The van der Waals surface area contributed by atoms with Crippen LogP contribution in [0.4, 0.5) is 8.78 Å². The van der Waals surface area contributed by atoms with Crippen LogP contribution in [-0.4, -0.2) is 129 Å². The van der Waals surface area contributed by atoms with E-state index in [4.69, 9.17) is 33.5 Å². The van der Waals surface area contributed by atoms with Gasteiger partial charge in [-0.25, -0.2) is 4.57 Å². The average Bonchev–Trinajstić information content (AvgIpc) is 4.02. The first kappa shape index (κ1) is 47.2. The summed E-state index contributed by atoms with van der Waals surface area (Å²) in [5, 5.41) is 11.2. The molecule has 4 aliphatic rings. The van der Waals surface area contributed by atoms with Crippen molar-refractivity contribution in [2.24, 2.45) is 5.41 Å². The van der Waals surface area contributed by atoms with Crippen LogP contribution in [0.3, 0.4) is 0 Å². The molecule has 2 aromatic carbocycles. The summed E-state index contributed by atoms with van der Waals surface area (Å²) in [7, 11) is -2.94. The number of hydrogen-bond donors (Lipinski definition) is 5. The van der Waals surface area contributed by atoms with Crippen LogP contribution in [0.5, 0.6) is 0 Å². The van der Waals surface area contributed by atoms with Gasteiger partial charge >= 0.3 is 364 Å². The van der Waals surface area contributed by atoms with Gasteiger partial charge in [-0.1, -0.05) is 0 Å². The van der Waals surface area contributed by atoms with Gasteiger partial charge in [-0.05, 0) is 0 Å². The van der Waals surface area contributed by atoms with E-state index in [0.717, 1.165) is 44.3 Å². The molecule has 20 heteroatoms. The van der Waals surface area contributed by atoms with Gasteiger partial charge in [-0.2, -0.15) is 0 Å². The van der Waals surface area contributed by atoms with Crippen LogP contribution in [0.25, 0.3) is 0 Å². The second-order valence-electron chi connectivity index (χ2n) is 17.4. The van der Waals surface area contributed by atoms with Crippen molar-refractivity contribution >= 4 is 35.8 Å². The van der Waals surface area contributed by atoms with Gasteiger partial charge in [0.1, 0.15) is 0 Å². The fourth-order valence-electron chi connectivity index (χ4n) is 10.4.